The first-order valence-electron chi connectivity index (χ1n) is 6.93. The Balaban J connectivity index is 1.57. The van der Waals surface area contributed by atoms with Crippen LogP contribution in [0.15, 0.2) is 24.3 Å². The van der Waals surface area contributed by atoms with Gasteiger partial charge in [-0.3, -0.25) is 0 Å². The van der Waals surface area contributed by atoms with Gasteiger partial charge in [0, 0.05) is 5.56 Å². The minimum Gasteiger partial charge on any atom is -0.347 e. The third-order valence-corrected chi connectivity index (χ3v) is 4.07. The maximum Gasteiger partial charge on any atom is 0.179 e. The van der Waals surface area contributed by atoms with Gasteiger partial charge in [-0.05, 0) is 6.92 Å². The quantitative estimate of drug-likeness (QED) is 0.841. The number of benzene rings is 1. The van der Waals surface area contributed by atoms with Gasteiger partial charge >= 0.3 is 0 Å². The maximum absolute atomic E-state index is 5.76. The van der Waals surface area contributed by atoms with Crippen molar-refractivity contribution in [3.63, 3.8) is 0 Å². The smallest absolute Gasteiger partial charge is 0.179 e. The average Bonchev–Trinajstić information content (AvgIpc) is 2.81. The van der Waals surface area contributed by atoms with Crippen LogP contribution in [0.5, 0.6) is 0 Å². The van der Waals surface area contributed by atoms with E-state index in [2.05, 4.69) is 31.2 Å². The summed E-state index contributed by atoms with van der Waals surface area (Å²) in [5.41, 5.74) is 2.79. The van der Waals surface area contributed by atoms with E-state index in [1.165, 1.54) is 11.1 Å². The Hall–Kier alpha value is -0.900. The zero-order valence-corrected chi connectivity index (χ0v) is 11.1. The van der Waals surface area contributed by atoms with Crippen LogP contribution in [0.25, 0.3) is 0 Å². The van der Waals surface area contributed by atoms with Gasteiger partial charge in [0.1, 0.15) is 6.54 Å². The van der Waals surface area contributed by atoms with Gasteiger partial charge in [0.15, 0.2) is 5.79 Å². The van der Waals surface area contributed by atoms with Gasteiger partial charge in [-0.1, -0.05) is 29.8 Å². The van der Waals surface area contributed by atoms with Crippen molar-refractivity contribution in [1.29, 1.82) is 0 Å². The minimum atomic E-state index is -0.226. The lowest BCUT2D eigenvalue weighted by molar-refractivity contribution is -0.922. The first-order valence-corrected chi connectivity index (χ1v) is 6.93. The van der Waals surface area contributed by atoms with Crippen LogP contribution in [0.1, 0.15) is 24.0 Å². The molecule has 18 heavy (non-hydrogen) atoms. The summed E-state index contributed by atoms with van der Waals surface area (Å²) in [6, 6.07) is 8.83. The maximum atomic E-state index is 5.76. The van der Waals surface area contributed by atoms with Gasteiger partial charge in [0.05, 0.1) is 39.1 Å². The first kappa shape index (κ1) is 12.2. The number of ether oxygens (including phenoxy) is 2. The summed E-state index contributed by atoms with van der Waals surface area (Å²) in [5.74, 6) is -0.226. The molecule has 0 aliphatic carbocycles. The molecule has 1 aromatic rings. The Morgan fingerprint density at radius 3 is 2.56 bits per heavy atom. The molecule has 2 saturated heterocycles. The minimum absolute atomic E-state index is 0.226. The largest absolute Gasteiger partial charge is 0.347 e. The molecule has 3 rings (SSSR count). The monoisotopic (exact) mass is 248 g/mol. The van der Waals surface area contributed by atoms with E-state index in [0.717, 1.165) is 45.7 Å². The van der Waals surface area contributed by atoms with E-state index in [1.54, 1.807) is 4.90 Å². The van der Waals surface area contributed by atoms with E-state index in [1.807, 2.05) is 0 Å². The molecule has 2 aliphatic rings. The Kier molecular flexibility index (Phi) is 3.37. The zero-order chi connectivity index (χ0) is 12.4. The highest BCUT2D eigenvalue weighted by Gasteiger charge is 2.41. The highest BCUT2D eigenvalue weighted by atomic mass is 16.7. The Labute approximate surface area is 109 Å². The molecule has 0 atom stereocenters. The van der Waals surface area contributed by atoms with Crippen molar-refractivity contribution in [3.8, 4) is 0 Å². The number of quaternary nitrogens is 1. The van der Waals surface area contributed by atoms with E-state index < -0.39 is 0 Å². The van der Waals surface area contributed by atoms with Gasteiger partial charge in [-0.25, -0.2) is 0 Å². The third kappa shape index (κ3) is 2.58. The van der Waals surface area contributed by atoms with Gasteiger partial charge in [0.25, 0.3) is 0 Å². The topological polar surface area (TPSA) is 22.9 Å². The van der Waals surface area contributed by atoms with Gasteiger partial charge in [0.2, 0.25) is 0 Å². The summed E-state index contributed by atoms with van der Waals surface area (Å²) < 4.78 is 11.5. The summed E-state index contributed by atoms with van der Waals surface area (Å²) in [7, 11) is 0. The van der Waals surface area contributed by atoms with E-state index in [0.29, 0.717) is 0 Å². The number of rotatable bonds is 2. The highest BCUT2D eigenvalue weighted by molar-refractivity contribution is 5.21. The number of likely N-dealkylation sites (tertiary alicyclic amines) is 1. The van der Waals surface area contributed by atoms with Crippen molar-refractivity contribution in [2.45, 2.75) is 32.1 Å². The second-order valence-electron chi connectivity index (χ2n) is 5.52. The number of nitrogens with one attached hydrogen (secondary N) is 1. The summed E-state index contributed by atoms with van der Waals surface area (Å²) in [6.45, 7) is 7.12. The van der Waals surface area contributed by atoms with Crippen molar-refractivity contribution in [3.05, 3.63) is 35.4 Å². The standard InChI is InChI=1S/C15H21NO2/c1-13-3-2-4-14(11-13)12-16-7-5-15(6-8-16)17-9-10-18-15/h2-4,11H,5-10,12H2,1H3/p+1. The molecule has 3 nitrogen and oxygen atoms in total. The highest BCUT2D eigenvalue weighted by Crippen LogP contribution is 2.27. The molecule has 0 aromatic heterocycles. The SMILES string of the molecule is Cc1cccc(C[NH+]2CCC3(CC2)OCCO3)c1. The molecule has 2 fully saturated rings. The zero-order valence-electron chi connectivity index (χ0n) is 11.1. The Morgan fingerprint density at radius 1 is 1.17 bits per heavy atom. The van der Waals surface area contributed by atoms with E-state index in [9.17, 15) is 0 Å². The molecule has 0 bridgehead atoms. The van der Waals surface area contributed by atoms with Crippen LogP contribution in [0, 0.1) is 6.92 Å². The number of aryl methyl sites for hydroxylation is 1. The van der Waals surface area contributed by atoms with Crippen LogP contribution in [0.4, 0.5) is 0 Å². The van der Waals surface area contributed by atoms with Crippen molar-refractivity contribution >= 4 is 0 Å². The lowest BCUT2D eigenvalue weighted by Crippen LogP contribution is -3.12. The van der Waals surface area contributed by atoms with Gasteiger partial charge < -0.3 is 14.4 Å². The summed E-state index contributed by atoms with van der Waals surface area (Å²) in [4.78, 5) is 1.64. The predicted octanol–water partition coefficient (Wildman–Crippen LogP) is 0.917. The fourth-order valence-corrected chi connectivity index (χ4v) is 3.06. The van der Waals surface area contributed by atoms with Crippen LogP contribution in [0.2, 0.25) is 0 Å². The lowest BCUT2D eigenvalue weighted by atomic mass is 10.0. The second kappa shape index (κ2) is 5.00. The number of hydrogen-bond acceptors (Lipinski definition) is 2. The van der Waals surface area contributed by atoms with Gasteiger partial charge in [-0.15, -0.1) is 0 Å². The van der Waals surface area contributed by atoms with Crippen LogP contribution < -0.4 is 4.90 Å². The average molecular weight is 248 g/mol. The number of hydrogen-bond donors (Lipinski definition) is 1. The Bertz CT molecular complexity index is 403. The number of piperidine rings is 1. The van der Waals surface area contributed by atoms with E-state index in [4.69, 9.17) is 9.47 Å². The third-order valence-electron chi connectivity index (χ3n) is 4.07. The fourth-order valence-electron chi connectivity index (χ4n) is 3.06. The molecule has 3 heteroatoms. The normalized spacial score (nSPS) is 23.6. The molecule has 98 valence electrons. The summed E-state index contributed by atoms with van der Waals surface area (Å²) in [6.07, 6.45) is 2.07. The second-order valence-corrected chi connectivity index (χ2v) is 5.52. The van der Waals surface area contributed by atoms with Crippen molar-refractivity contribution in [2.75, 3.05) is 26.3 Å². The summed E-state index contributed by atoms with van der Waals surface area (Å²) >= 11 is 0. The van der Waals surface area contributed by atoms with E-state index >= 15 is 0 Å². The molecule has 0 saturated carbocycles. The van der Waals surface area contributed by atoms with Crippen LogP contribution in [0.3, 0.4) is 0 Å². The molecular formula is C15H22NO2+. The summed E-state index contributed by atoms with van der Waals surface area (Å²) in [5, 5.41) is 0. The Morgan fingerprint density at radius 2 is 1.89 bits per heavy atom. The molecule has 1 N–H and O–H groups in total. The molecule has 1 spiro atoms. The lowest BCUT2D eigenvalue weighted by Gasteiger charge is -2.35. The fraction of sp³-hybridized carbons (Fsp3) is 0.600. The molecule has 2 heterocycles. The van der Waals surface area contributed by atoms with Crippen molar-refractivity contribution in [2.24, 2.45) is 0 Å². The van der Waals surface area contributed by atoms with Crippen LogP contribution >= 0.6 is 0 Å². The van der Waals surface area contributed by atoms with Crippen molar-refractivity contribution in [1.82, 2.24) is 0 Å². The molecule has 0 radical (unpaired) electrons. The predicted molar refractivity (Wildman–Crippen MR) is 69.4 cm³/mol. The molecule has 2 aliphatic heterocycles. The van der Waals surface area contributed by atoms with Gasteiger partial charge in [-0.2, -0.15) is 0 Å². The van der Waals surface area contributed by atoms with Crippen LogP contribution in [-0.4, -0.2) is 32.1 Å². The van der Waals surface area contributed by atoms with Crippen LogP contribution in [-0.2, 0) is 16.0 Å². The molecule has 1 aromatic carbocycles. The van der Waals surface area contributed by atoms with E-state index in [-0.39, 0.29) is 5.79 Å². The van der Waals surface area contributed by atoms with Crippen molar-refractivity contribution < 1.29 is 14.4 Å². The molecule has 0 unspecified atom stereocenters. The first-order chi connectivity index (χ1) is 8.76. The molecule has 0 amide bonds. The molecular weight excluding hydrogens is 226 g/mol.